The molecular formula is C17H22N4O3. The molecule has 0 aromatic carbocycles. The molecule has 0 aliphatic carbocycles. The van der Waals surface area contributed by atoms with Crippen LogP contribution >= 0.6 is 0 Å². The molecule has 3 heterocycles. The van der Waals surface area contributed by atoms with Crippen LogP contribution in [0.4, 0.5) is 0 Å². The van der Waals surface area contributed by atoms with Gasteiger partial charge >= 0.3 is 0 Å². The number of nitrogens with zero attached hydrogens (tertiary/aromatic N) is 4. The Morgan fingerprint density at radius 1 is 1.29 bits per heavy atom. The van der Waals surface area contributed by atoms with E-state index in [2.05, 4.69) is 9.88 Å². The number of carbonyl (C=O) groups excluding carboxylic acids is 1. The molecule has 2 aromatic rings. The summed E-state index contributed by atoms with van der Waals surface area (Å²) in [5, 5.41) is 0. The molecule has 0 bridgehead atoms. The SMILES string of the molecule is COCC(=O)N1CCN(Cc2cc(=O)n3cccc(C)c3n2)CC1. The van der Waals surface area contributed by atoms with Crippen molar-refractivity contribution in [1.82, 2.24) is 19.2 Å². The second kappa shape index (κ2) is 7.11. The Morgan fingerprint density at radius 2 is 2.04 bits per heavy atom. The average molecular weight is 330 g/mol. The topological polar surface area (TPSA) is 67.2 Å². The number of hydrogen-bond donors (Lipinski definition) is 0. The second-order valence-corrected chi connectivity index (χ2v) is 6.06. The Balaban J connectivity index is 1.69. The molecule has 0 saturated carbocycles. The molecule has 1 saturated heterocycles. The lowest BCUT2D eigenvalue weighted by Gasteiger charge is -2.34. The third-order valence-corrected chi connectivity index (χ3v) is 4.32. The van der Waals surface area contributed by atoms with E-state index in [1.54, 1.807) is 16.7 Å². The first-order valence-electron chi connectivity index (χ1n) is 8.05. The minimum atomic E-state index is -0.0624. The molecule has 1 aliphatic heterocycles. The summed E-state index contributed by atoms with van der Waals surface area (Å²) < 4.78 is 6.46. The number of aryl methyl sites for hydroxylation is 1. The van der Waals surface area contributed by atoms with Crippen molar-refractivity contribution in [2.45, 2.75) is 13.5 Å². The fourth-order valence-electron chi connectivity index (χ4n) is 2.99. The van der Waals surface area contributed by atoms with E-state index in [9.17, 15) is 9.59 Å². The Kier molecular flexibility index (Phi) is 4.92. The lowest BCUT2D eigenvalue weighted by molar-refractivity contribution is -0.136. The summed E-state index contributed by atoms with van der Waals surface area (Å²) in [5.74, 6) is 0.0230. The van der Waals surface area contributed by atoms with Crippen molar-refractivity contribution >= 4 is 11.6 Å². The van der Waals surface area contributed by atoms with Crippen molar-refractivity contribution in [3.05, 3.63) is 46.0 Å². The standard InChI is InChI=1S/C17H22N4O3/c1-13-4-3-5-21-15(22)10-14(18-17(13)21)11-19-6-8-20(9-7-19)16(23)12-24-2/h3-5,10H,6-9,11-12H2,1-2H3. The Bertz CT molecular complexity index is 794. The van der Waals surface area contributed by atoms with Crippen LogP contribution in [0.25, 0.3) is 5.65 Å². The zero-order chi connectivity index (χ0) is 17.1. The third-order valence-electron chi connectivity index (χ3n) is 4.32. The highest BCUT2D eigenvalue weighted by atomic mass is 16.5. The van der Waals surface area contributed by atoms with E-state index in [1.807, 2.05) is 24.0 Å². The number of carbonyl (C=O) groups is 1. The van der Waals surface area contributed by atoms with Gasteiger partial charge in [0.05, 0.1) is 5.69 Å². The lowest BCUT2D eigenvalue weighted by atomic mass is 10.2. The van der Waals surface area contributed by atoms with E-state index in [0.29, 0.717) is 25.3 Å². The van der Waals surface area contributed by atoms with Crippen molar-refractivity contribution < 1.29 is 9.53 Å². The summed E-state index contributed by atoms with van der Waals surface area (Å²) in [6, 6.07) is 5.39. The molecule has 0 atom stereocenters. The van der Waals surface area contributed by atoms with Gasteiger partial charge in [-0.2, -0.15) is 0 Å². The predicted octanol–water partition coefficient (Wildman–Crippen LogP) is 0.294. The molecule has 7 nitrogen and oxygen atoms in total. The molecule has 0 radical (unpaired) electrons. The van der Waals surface area contributed by atoms with Gasteiger partial charge in [0.25, 0.3) is 5.56 Å². The highest BCUT2D eigenvalue weighted by Crippen LogP contribution is 2.09. The maximum atomic E-state index is 12.2. The summed E-state index contributed by atoms with van der Waals surface area (Å²) in [4.78, 5) is 32.7. The van der Waals surface area contributed by atoms with Crippen LogP contribution in [0.5, 0.6) is 0 Å². The van der Waals surface area contributed by atoms with Crippen LogP contribution in [0.1, 0.15) is 11.3 Å². The number of hydrogen-bond acceptors (Lipinski definition) is 5. The maximum absolute atomic E-state index is 12.2. The molecule has 3 rings (SSSR count). The molecule has 1 amide bonds. The van der Waals surface area contributed by atoms with Crippen molar-refractivity contribution in [3.63, 3.8) is 0 Å². The number of ether oxygens (including phenoxy) is 1. The fraction of sp³-hybridized carbons (Fsp3) is 0.471. The van der Waals surface area contributed by atoms with Gasteiger partial charge in [-0.05, 0) is 18.6 Å². The Hall–Kier alpha value is -2.25. The van der Waals surface area contributed by atoms with E-state index >= 15 is 0 Å². The van der Waals surface area contributed by atoms with Crippen molar-refractivity contribution in [2.24, 2.45) is 0 Å². The van der Waals surface area contributed by atoms with E-state index < -0.39 is 0 Å². The van der Waals surface area contributed by atoms with Gasteiger partial charge in [-0.15, -0.1) is 0 Å². The largest absolute Gasteiger partial charge is 0.375 e. The highest BCUT2D eigenvalue weighted by molar-refractivity contribution is 5.77. The normalized spacial score (nSPS) is 15.8. The van der Waals surface area contributed by atoms with Gasteiger partial charge in [0.1, 0.15) is 12.3 Å². The molecule has 0 N–H and O–H groups in total. The van der Waals surface area contributed by atoms with Crippen LogP contribution in [0.2, 0.25) is 0 Å². The number of fused-ring (bicyclic) bond motifs is 1. The number of pyridine rings is 1. The number of piperazine rings is 1. The van der Waals surface area contributed by atoms with Gasteiger partial charge in [-0.3, -0.25) is 18.9 Å². The number of aromatic nitrogens is 2. The van der Waals surface area contributed by atoms with E-state index in [0.717, 1.165) is 24.3 Å². The summed E-state index contributed by atoms with van der Waals surface area (Å²) >= 11 is 0. The van der Waals surface area contributed by atoms with Gasteiger partial charge in [-0.1, -0.05) is 6.07 Å². The Morgan fingerprint density at radius 3 is 2.75 bits per heavy atom. The van der Waals surface area contributed by atoms with E-state index in [4.69, 9.17) is 4.74 Å². The number of amides is 1. The van der Waals surface area contributed by atoms with Crippen molar-refractivity contribution in [1.29, 1.82) is 0 Å². The molecule has 7 heteroatoms. The molecule has 0 unspecified atom stereocenters. The molecule has 1 aliphatic rings. The van der Waals surface area contributed by atoms with Gasteiger partial charge in [0.15, 0.2) is 0 Å². The molecule has 24 heavy (non-hydrogen) atoms. The van der Waals surface area contributed by atoms with Crippen LogP contribution in [0.15, 0.2) is 29.2 Å². The van der Waals surface area contributed by atoms with Gasteiger partial charge < -0.3 is 9.64 Å². The molecule has 1 fully saturated rings. The second-order valence-electron chi connectivity index (χ2n) is 6.06. The smallest absolute Gasteiger partial charge is 0.258 e. The molecule has 0 spiro atoms. The van der Waals surface area contributed by atoms with E-state index in [-0.39, 0.29) is 18.1 Å². The first kappa shape index (κ1) is 16.6. The lowest BCUT2D eigenvalue weighted by Crippen LogP contribution is -2.49. The van der Waals surface area contributed by atoms with Crippen LogP contribution in [-0.4, -0.2) is 65.0 Å². The summed E-state index contributed by atoms with van der Waals surface area (Å²) in [6.45, 7) is 5.58. The first-order valence-corrected chi connectivity index (χ1v) is 8.05. The van der Waals surface area contributed by atoms with Crippen LogP contribution < -0.4 is 5.56 Å². The minimum Gasteiger partial charge on any atom is -0.375 e. The van der Waals surface area contributed by atoms with Gasteiger partial charge in [0.2, 0.25) is 5.91 Å². The zero-order valence-corrected chi connectivity index (χ0v) is 14.1. The highest BCUT2D eigenvalue weighted by Gasteiger charge is 2.21. The molecule has 128 valence electrons. The van der Waals surface area contributed by atoms with Crippen LogP contribution in [0, 0.1) is 6.92 Å². The zero-order valence-electron chi connectivity index (χ0n) is 14.1. The third kappa shape index (κ3) is 3.47. The maximum Gasteiger partial charge on any atom is 0.258 e. The van der Waals surface area contributed by atoms with Crippen LogP contribution in [-0.2, 0) is 16.1 Å². The molecular weight excluding hydrogens is 308 g/mol. The first-order chi connectivity index (χ1) is 11.6. The Labute approximate surface area is 140 Å². The monoisotopic (exact) mass is 330 g/mol. The molecule has 2 aromatic heterocycles. The summed E-state index contributed by atoms with van der Waals surface area (Å²) in [6.07, 6.45) is 1.74. The van der Waals surface area contributed by atoms with Crippen LogP contribution in [0.3, 0.4) is 0 Å². The quantitative estimate of drug-likeness (QED) is 0.806. The number of rotatable bonds is 4. The average Bonchev–Trinajstić information content (AvgIpc) is 2.57. The van der Waals surface area contributed by atoms with Gasteiger partial charge in [-0.25, -0.2) is 4.98 Å². The van der Waals surface area contributed by atoms with E-state index in [1.165, 1.54) is 7.11 Å². The van der Waals surface area contributed by atoms with Crippen molar-refractivity contribution in [3.8, 4) is 0 Å². The van der Waals surface area contributed by atoms with Crippen molar-refractivity contribution in [2.75, 3.05) is 39.9 Å². The van der Waals surface area contributed by atoms with Gasteiger partial charge in [0, 0.05) is 52.1 Å². The predicted molar refractivity (Wildman–Crippen MR) is 89.9 cm³/mol. The fourth-order valence-corrected chi connectivity index (χ4v) is 2.99. The summed E-state index contributed by atoms with van der Waals surface area (Å²) in [7, 11) is 1.53. The number of methoxy groups -OCH3 is 1. The summed E-state index contributed by atoms with van der Waals surface area (Å²) in [5.41, 5.74) is 2.39. The minimum absolute atomic E-state index is 0.0230.